The largest absolute Gasteiger partial charge is 0.397 e. The van der Waals surface area contributed by atoms with Crippen LogP contribution in [0.4, 0.5) is 11.4 Å². The van der Waals surface area contributed by atoms with E-state index >= 15 is 0 Å². The lowest BCUT2D eigenvalue weighted by atomic mass is 10.3. The number of anilines is 2. The fourth-order valence-corrected chi connectivity index (χ4v) is 1.49. The quantitative estimate of drug-likeness (QED) is 0.791. The van der Waals surface area contributed by atoms with Gasteiger partial charge in [-0.3, -0.25) is 4.79 Å². The van der Waals surface area contributed by atoms with Crippen molar-refractivity contribution in [3.63, 3.8) is 0 Å². The van der Waals surface area contributed by atoms with Crippen LogP contribution in [0, 0.1) is 11.3 Å². The number of amides is 1. The van der Waals surface area contributed by atoms with Crippen molar-refractivity contribution in [3.8, 4) is 11.8 Å². The summed E-state index contributed by atoms with van der Waals surface area (Å²) in [5.41, 5.74) is 7.67. The minimum absolute atomic E-state index is 0.182. The highest BCUT2D eigenvalue weighted by Gasteiger charge is 2.06. The third kappa shape index (κ3) is 2.47. The van der Waals surface area contributed by atoms with Gasteiger partial charge < -0.3 is 11.1 Å². The summed E-state index contributed by atoms with van der Waals surface area (Å²) in [4.78, 5) is 11.2. The van der Waals surface area contributed by atoms with E-state index in [1.807, 2.05) is 18.2 Å². The van der Waals surface area contributed by atoms with Crippen LogP contribution in [0.2, 0.25) is 0 Å². The first-order valence-corrected chi connectivity index (χ1v) is 5.27. The molecule has 0 saturated heterocycles. The third-order valence-corrected chi connectivity index (χ3v) is 2.29. The zero-order valence-electron chi connectivity index (χ0n) is 9.50. The van der Waals surface area contributed by atoms with Crippen molar-refractivity contribution in [1.29, 1.82) is 5.26 Å². The lowest BCUT2D eigenvalue weighted by molar-refractivity contribution is -0.115. The van der Waals surface area contributed by atoms with E-state index < -0.39 is 0 Å². The van der Waals surface area contributed by atoms with Crippen molar-refractivity contribution < 1.29 is 4.79 Å². The number of para-hydroxylation sites is 2. The molecule has 0 saturated carbocycles. The Bertz CT molecular complexity index is 611. The topological polar surface area (TPSA) is 96.7 Å². The van der Waals surface area contributed by atoms with Crippen LogP contribution in [0.25, 0.3) is 5.69 Å². The molecule has 2 aromatic rings. The molecule has 0 unspecified atom stereocenters. The van der Waals surface area contributed by atoms with Gasteiger partial charge in [-0.1, -0.05) is 12.1 Å². The third-order valence-electron chi connectivity index (χ3n) is 2.29. The number of hydrogen-bond donors (Lipinski definition) is 2. The van der Waals surface area contributed by atoms with Crippen molar-refractivity contribution in [2.24, 2.45) is 0 Å². The summed E-state index contributed by atoms with van der Waals surface area (Å²) in [5.74, 6) is -0.363. The van der Waals surface area contributed by atoms with Gasteiger partial charge in [0.2, 0.25) is 5.91 Å². The number of aromatic nitrogens is 2. The smallest absolute Gasteiger partial charge is 0.238 e. The molecule has 6 heteroatoms. The van der Waals surface area contributed by atoms with Gasteiger partial charge in [0.25, 0.3) is 0 Å². The highest BCUT2D eigenvalue weighted by Crippen LogP contribution is 2.17. The van der Waals surface area contributed by atoms with E-state index in [-0.39, 0.29) is 12.3 Å². The Morgan fingerprint density at radius 2 is 2.28 bits per heavy atom. The molecule has 0 fully saturated rings. The molecule has 0 aliphatic rings. The van der Waals surface area contributed by atoms with Crippen LogP contribution in [0.5, 0.6) is 0 Å². The Morgan fingerprint density at radius 1 is 1.50 bits per heavy atom. The molecule has 90 valence electrons. The lowest BCUT2D eigenvalue weighted by Crippen LogP contribution is -2.09. The van der Waals surface area contributed by atoms with Crippen molar-refractivity contribution in [3.05, 3.63) is 36.7 Å². The highest BCUT2D eigenvalue weighted by atomic mass is 16.1. The second kappa shape index (κ2) is 5.01. The Hall–Kier alpha value is -2.81. The number of nitriles is 1. The number of nitrogens with two attached hydrogens (primary N) is 1. The maximum absolute atomic E-state index is 11.2. The van der Waals surface area contributed by atoms with Crippen molar-refractivity contribution in [2.45, 2.75) is 6.42 Å². The molecule has 2 rings (SSSR count). The van der Waals surface area contributed by atoms with Gasteiger partial charge in [-0.2, -0.15) is 10.4 Å². The summed E-state index contributed by atoms with van der Waals surface area (Å²) in [7, 11) is 0. The molecule has 0 spiro atoms. The summed E-state index contributed by atoms with van der Waals surface area (Å²) in [6.07, 6.45) is 2.96. The lowest BCUT2D eigenvalue weighted by Gasteiger charge is -2.04. The normalized spacial score (nSPS) is 9.72. The average molecular weight is 241 g/mol. The molecule has 18 heavy (non-hydrogen) atoms. The van der Waals surface area contributed by atoms with Crippen molar-refractivity contribution in [1.82, 2.24) is 9.78 Å². The van der Waals surface area contributed by atoms with E-state index in [1.54, 1.807) is 23.0 Å². The van der Waals surface area contributed by atoms with E-state index in [0.29, 0.717) is 11.4 Å². The van der Waals surface area contributed by atoms with Gasteiger partial charge in [-0.05, 0) is 12.1 Å². The van der Waals surface area contributed by atoms with Crippen LogP contribution in [-0.2, 0) is 4.79 Å². The zero-order chi connectivity index (χ0) is 13.0. The van der Waals surface area contributed by atoms with Crippen LogP contribution < -0.4 is 11.1 Å². The molecule has 0 aliphatic heterocycles. The minimum Gasteiger partial charge on any atom is -0.397 e. The molecule has 0 atom stereocenters. The highest BCUT2D eigenvalue weighted by molar-refractivity contribution is 5.91. The van der Waals surface area contributed by atoms with E-state index in [2.05, 4.69) is 10.4 Å². The van der Waals surface area contributed by atoms with Gasteiger partial charge >= 0.3 is 0 Å². The maximum atomic E-state index is 11.2. The summed E-state index contributed by atoms with van der Waals surface area (Å²) in [6.45, 7) is 0. The number of benzene rings is 1. The van der Waals surface area contributed by atoms with Gasteiger partial charge in [0.15, 0.2) is 0 Å². The molecule has 1 aromatic carbocycles. The summed E-state index contributed by atoms with van der Waals surface area (Å²) < 4.78 is 1.57. The van der Waals surface area contributed by atoms with Gasteiger partial charge in [-0.25, -0.2) is 4.68 Å². The van der Waals surface area contributed by atoms with Crippen LogP contribution in [0.3, 0.4) is 0 Å². The molecule has 0 bridgehead atoms. The first-order valence-electron chi connectivity index (χ1n) is 5.27. The number of carbonyl (C=O) groups excluding carboxylic acids is 1. The van der Waals surface area contributed by atoms with Crippen LogP contribution >= 0.6 is 0 Å². The SMILES string of the molecule is N#CCC(=O)Nc1cnn(-c2ccccc2N)c1. The minimum atomic E-state index is -0.363. The second-order valence-electron chi connectivity index (χ2n) is 3.62. The van der Waals surface area contributed by atoms with Gasteiger partial charge in [0.05, 0.1) is 35.5 Å². The van der Waals surface area contributed by atoms with Gasteiger partial charge in [0, 0.05) is 0 Å². The number of nitrogens with one attached hydrogen (secondary N) is 1. The monoisotopic (exact) mass is 241 g/mol. The molecule has 1 aromatic heterocycles. The van der Waals surface area contributed by atoms with E-state index in [1.165, 1.54) is 6.20 Å². The molecule has 6 nitrogen and oxygen atoms in total. The maximum Gasteiger partial charge on any atom is 0.238 e. The number of nitrogens with zero attached hydrogens (tertiary/aromatic N) is 3. The number of rotatable bonds is 3. The standard InChI is InChI=1S/C12H11N5O/c13-6-5-12(18)16-9-7-15-17(8-9)11-4-2-1-3-10(11)14/h1-4,7-8H,5,14H2,(H,16,18). The Kier molecular flexibility index (Phi) is 3.25. The Labute approximate surface area is 104 Å². The van der Waals surface area contributed by atoms with Crippen LogP contribution in [0.15, 0.2) is 36.7 Å². The Morgan fingerprint density at radius 3 is 3.00 bits per heavy atom. The predicted molar refractivity (Wildman–Crippen MR) is 66.8 cm³/mol. The van der Waals surface area contributed by atoms with Crippen LogP contribution in [0.1, 0.15) is 6.42 Å². The molecule has 0 aliphatic carbocycles. The van der Waals surface area contributed by atoms with Gasteiger partial charge in [0.1, 0.15) is 6.42 Å². The fraction of sp³-hybridized carbons (Fsp3) is 0.0833. The Balaban J connectivity index is 2.19. The fourth-order valence-electron chi connectivity index (χ4n) is 1.49. The van der Waals surface area contributed by atoms with E-state index in [9.17, 15) is 4.79 Å². The summed E-state index contributed by atoms with van der Waals surface area (Å²) in [5, 5.41) is 15.1. The predicted octanol–water partition coefficient (Wildman–Crippen LogP) is 1.31. The van der Waals surface area contributed by atoms with Gasteiger partial charge in [-0.15, -0.1) is 0 Å². The molecule has 1 amide bonds. The van der Waals surface area contributed by atoms with E-state index in [4.69, 9.17) is 11.0 Å². The van der Waals surface area contributed by atoms with Crippen molar-refractivity contribution >= 4 is 17.3 Å². The summed E-state index contributed by atoms with van der Waals surface area (Å²) >= 11 is 0. The molecule has 3 N–H and O–H groups in total. The van der Waals surface area contributed by atoms with Crippen molar-refractivity contribution in [2.75, 3.05) is 11.1 Å². The molecular formula is C12H11N5O. The number of nitrogen functional groups attached to an aromatic ring is 1. The second-order valence-corrected chi connectivity index (χ2v) is 3.62. The molecular weight excluding hydrogens is 230 g/mol. The number of hydrogen-bond acceptors (Lipinski definition) is 4. The first-order chi connectivity index (χ1) is 8.70. The summed E-state index contributed by atoms with van der Waals surface area (Å²) in [6, 6.07) is 9.05. The van der Waals surface area contributed by atoms with E-state index in [0.717, 1.165) is 5.69 Å². The first kappa shape index (κ1) is 11.7. The average Bonchev–Trinajstić information content (AvgIpc) is 2.78. The molecule has 0 radical (unpaired) electrons. The number of carbonyl (C=O) groups is 1. The zero-order valence-corrected chi connectivity index (χ0v) is 9.50. The van der Waals surface area contributed by atoms with Crippen LogP contribution in [-0.4, -0.2) is 15.7 Å². The molecule has 1 heterocycles.